The lowest BCUT2D eigenvalue weighted by Gasteiger charge is -2.21. The molecule has 0 atom stereocenters. The minimum Gasteiger partial charge on any atom is -0.366 e. The van der Waals surface area contributed by atoms with Gasteiger partial charge in [0.2, 0.25) is 0 Å². The molecule has 0 saturated carbocycles. The summed E-state index contributed by atoms with van der Waals surface area (Å²) >= 11 is 0. The van der Waals surface area contributed by atoms with Crippen LogP contribution in [0, 0.1) is 6.92 Å². The van der Waals surface area contributed by atoms with Crippen molar-refractivity contribution in [1.29, 1.82) is 0 Å². The topological polar surface area (TPSA) is 35.9 Å². The zero-order chi connectivity index (χ0) is 24.3. The highest BCUT2D eigenvalue weighted by Crippen LogP contribution is 2.37. The molecule has 2 aromatic rings. The first kappa shape index (κ1) is 25.2. The van der Waals surface area contributed by atoms with Crippen molar-refractivity contribution < 1.29 is 31.1 Å². The molecule has 0 heterocycles. The second-order valence-corrected chi connectivity index (χ2v) is 7.36. The fourth-order valence-electron chi connectivity index (χ4n) is 2.89. The predicted molar refractivity (Wildman–Crippen MR) is 110 cm³/mol. The molecule has 2 aromatic carbocycles. The minimum atomic E-state index is -4.82. The smallest absolute Gasteiger partial charge is 0.366 e. The fraction of sp³-hybridized carbons (Fsp3) is 0.364. The molecule has 0 aliphatic heterocycles. The Morgan fingerprint density at radius 3 is 2.25 bits per heavy atom. The molecule has 0 unspecified atom stereocenters. The van der Waals surface area contributed by atoms with Gasteiger partial charge in [-0.15, -0.1) is 0 Å². The number of hydrogen-bond donors (Lipinski definition) is 0. The van der Waals surface area contributed by atoms with E-state index in [4.69, 9.17) is 0 Å². The molecule has 174 valence electrons. The molecule has 0 aliphatic carbocycles. The summed E-state index contributed by atoms with van der Waals surface area (Å²) in [5.74, 6) is -0.959. The van der Waals surface area contributed by atoms with E-state index >= 15 is 0 Å². The molecule has 0 radical (unpaired) electrons. The number of halogens is 6. The Labute approximate surface area is 182 Å². The Morgan fingerprint density at radius 2 is 1.69 bits per heavy atom. The van der Waals surface area contributed by atoms with E-state index in [1.54, 1.807) is 11.9 Å². The lowest BCUT2D eigenvalue weighted by molar-refractivity contribution is -0.138. The first-order chi connectivity index (χ1) is 14.7. The van der Waals surface area contributed by atoms with E-state index in [0.717, 1.165) is 29.2 Å². The maximum Gasteiger partial charge on any atom is 0.417 e. The molecule has 0 aliphatic rings. The highest BCUT2D eigenvalue weighted by atomic mass is 19.4. The van der Waals surface area contributed by atoms with Crippen molar-refractivity contribution >= 4 is 17.9 Å². The maximum absolute atomic E-state index is 13.7. The number of benzene rings is 2. The molecule has 2 rings (SSSR count). The van der Waals surface area contributed by atoms with Crippen molar-refractivity contribution in [3.05, 3.63) is 64.2 Å². The van der Waals surface area contributed by atoms with Gasteiger partial charge in [-0.3, -0.25) is 4.79 Å². The highest BCUT2D eigenvalue weighted by molar-refractivity contribution is 5.96. The van der Waals surface area contributed by atoms with Gasteiger partial charge in [-0.05, 0) is 49.2 Å². The number of carbonyl (C=O) groups is 1. The predicted octanol–water partition coefficient (Wildman–Crippen LogP) is 5.92. The van der Waals surface area contributed by atoms with Crippen molar-refractivity contribution in [2.24, 2.45) is 4.99 Å². The van der Waals surface area contributed by atoms with Crippen LogP contribution in [0.2, 0.25) is 0 Å². The van der Waals surface area contributed by atoms with Gasteiger partial charge in [0, 0.05) is 27.2 Å². The SMILES string of the molecule is CCN(C)C=Nc1cc(C(F)(F)F)c(C(=O)N(C)Cc2cccc(C(F)(F)F)c2)cc1C. The Bertz CT molecular complexity index is 998. The summed E-state index contributed by atoms with van der Waals surface area (Å²) in [5, 5.41) is 0. The summed E-state index contributed by atoms with van der Waals surface area (Å²) < 4.78 is 79.8. The molecule has 0 aromatic heterocycles. The van der Waals surface area contributed by atoms with E-state index in [1.165, 1.54) is 32.4 Å². The van der Waals surface area contributed by atoms with Gasteiger partial charge < -0.3 is 9.80 Å². The monoisotopic (exact) mass is 459 g/mol. The molecule has 4 nitrogen and oxygen atoms in total. The third-order valence-electron chi connectivity index (χ3n) is 4.79. The number of aliphatic imine (C=N–C) groups is 1. The Morgan fingerprint density at radius 1 is 1.03 bits per heavy atom. The standard InChI is InChI=1S/C22H23F6N3O/c1-5-30(3)13-29-19-11-18(22(26,27)28)17(9-14(19)2)20(32)31(4)12-15-7-6-8-16(10-15)21(23,24)25/h6-11,13H,5,12H2,1-4H3. The summed E-state index contributed by atoms with van der Waals surface area (Å²) in [6.45, 7) is 3.69. The summed E-state index contributed by atoms with van der Waals surface area (Å²) in [6, 6.07) is 6.21. The van der Waals surface area contributed by atoms with Crippen LogP contribution in [0.3, 0.4) is 0 Å². The maximum atomic E-state index is 13.7. The summed E-state index contributed by atoms with van der Waals surface area (Å²) in [6.07, 6.45) is -8.00. The second kappa shape index (κ2) is 9.62. The average Bonchev–Trinajstić information content (AvgIpc) is 2.70. The molecular formula is C22H23F6N3O. The number of alkyl halides is 6. The van der Waals surface area contributed by atoms with Crippen LogP contribution in [-0.2, 0) is 18.9 Å². The number of amides is 1. The van der Waals surface area contributed by atoms with Crippen molar-refractivity contribution in [3.63, 3.8) is 0 Å². The lowest BCUT2D eigenvalue weighted by Crippen LogP contribution is -2.28. The summed E-state index contributed by atoms with van der Waals surface area (Å²) in [7, 11) is 2.95. The fourth-order valence-corrected chi connectivity index (χ4v) is 2.89. The van der Waals surface area contributed by atoms with Gasteiger partial charge in [0.05, 0.1) is 28.7 Å². The highest BCUT2D eigenvalue weighted by Gasteiger charge is 2.37. The zero-order valence-electron chi connectivity index (χ0n) is 18.0. The van der Waals surface area contributed by atoms with E-state index in [1.807, 2.05) is 6.92 Å². The number of nitrogens with zero attached hydrogens (tertiary/aromatic N) is 3. The van der Waals surface area contributed by atoms with Crippen molar-refractivity contribution in [2.45, 2.75) is 32.7 Å². The number of hydrogen-bond acceptors (Lipinski definition) is 2. The van der Waals surface area contributed by atoms with Gasteiger partial charge in [0.25, 0.3) is 5.91 Å². The van der Waals surface area contributed by atoms with Gasteiger partial charge >= 0.3 is 12.4 Å². The molecule has 0 saturated heterocycles. The molecule has 0 N–H and O–H groups in total. The van der Waals surface area contributed by atoms with Crippen molar-refractivity contribution in [1.82, 2.24) is 9.80 Å². The third kappa shape index (κ3) is 6.24. The van der Waals surface area contributed by atoms with Crippen LogP contribution in [0.5, 0.6) is 0 Å². The van der Waals surface area contributed by atoms with Gasteiger partial charge in [0.1, 0.15) is 0 Å². The van der Waals surface area contributed by atoms with Crippen LogP contribution >= 0.6 is 0 Å². The Balaban J connectivity index is 2.40. The average molecular weight is 459 g/mol. The molecule has 0 spiro atoms. The van der Waals surface area contributed by atoms with E-state index < -0.39 is 35.0 Å². The zero-order valence-corrected chi connectivity index (χ0v) is 18.0. The Kier molecular flexibility index (Phi) is 7.58. The molecule has 0 fully saturated rings. The minimum absolute atomic E-state index is 0.0645. The lowest BCUT2D eigenvalue weighted by atomic mass is 10.0. The third-order valence-corrected chi connectivity index (χ3v) is 4.79. The van der Waals surface area contributed by atoms with E-state index in [0.29, 0.717) is 12.1 Å². The Hall–Kier alpha value is -3.04. The molecule has 0 bridgehead atoms. The van der Waals surface area contributed by atoms with Crippen LogP contribution in [0.25, 0.3) is 0 Å². The largest absolute Gasteiger partial charge is 0.417 e. The molecule has 32 heavy (non-hydrogen) atoms. The van der Waals surface area contributed by atoms with Crippen molar-refractivity contribution in [2.75, 3.05) is 20.6 Å². The molecular weight excluding hydrogens is 436 g/mol. The van der Waals surface area contributed by atoms with Crippen LogP contribution in [0.1, 0.15) is 39.5 Å². The molecule has 10 heteroatoms. The quantitative estimate of drug-likeness (QED) is 0.306. The number of aryl methyl sites for hydroxylation is 1. The number of rotatable bonds is 6. The molecule has 1 amide bonds. The summed E-state index contributed by atoms with van der Waals surface area (Å²) in [4.78, 5) is 19.5. The van der Waals surface area contributed by atoms with Crippen LogP contribution < -0.4 is 0 Å². The first-order valence-corrected chi connectivity index (χ1v) is 9.62. The van der Waals surface area contributed by atoms with Gasteiger partial charge in [-0.25, -0.2) is 4.99 Å². The summed E-state index contributed by atoms with van der Waals surface area (Å²) in [5.41, 5.74) is -2.08. The van der Waals surface area contributed by atoms with Crippen molar-refractivity contribution in [3.8, 4) is 0 Å². The normalized spacial score (nSPS) is 12.3. The first-order valence-electron chi connectivity index (χ1n) is 9.62. The van der Waals surface area contributed by atoms with Gasteiger partial charge in [-0.1, -0.05) is 12.1 Å². The van der Waals surface area contributed by atoms with E-state index in [2.05, 4.69) is 4.99 Å². The van der Waals surface area contributed by atoms with E-state index in [-0.39, 0.29) is 17.8 Å². The second-order valence-electron chi connectivity index (χ2n) is 7.36. The van der Waals surface area contributed by atoms with Crippen LogP contribution in [-0.4, -0.2) is 42.7 Å². The van der Waals surface area contributed by atoms with Gasteiger partial charge in [-0.2, -0.15) is 26.3 Å². The van der Waals surface area contributed by atoms with Crippen LogP contribution in [0.15, 0.2) is 41.4 Å². The van der Waals surface area contributed by atoms with Crippen LogP contribution in [0.4, 0.5) is 32.0 Å². The van der Waals surface area contributed by atoms with Gasteiger partial charge in [0.15, 0.2) is 0 Å². The number of carbonyl (C=O) groups excluding carboxylic acids is 1. The van der Waals surface area contributed by atoms with E-state index in [9.17, 15) is 31.1 Å².